The maximum absolute atomic E-state index is 12.9. The molecule has 0 radical (unpaired) electrons. The second-order valence-electron chi connectivity index (χ2n) is 6.86. The molecule has 0 N–H and O–H groups in total. The lowest BCUT2D eigenvalue weighted by atomic mass is 10.1. The van der Waals surface area contributed by atoms with Crippen LogP contribution in [0.2, 0.25) is 0 Å². The molecule has 0 spiro atoms. The Bertz CT molecular complexity index is 926. The smallest absolute Gasteiger partial charge is 0.264 e. The second kappa shape index (κ2) is 10.4. The van der Waals surface area contributed by atoms with Crippen LogP contribution >= 0.6 is 0 Å². The zero-order chi connectivity index (χ0) is 21.3. The van der Waals surface area contributed by atoms with E-state index in [1.54, 1.807) is 23.1 Å². The van der Waals surface area contributed by atoms with Gasteiger partial charge in [0.25, 0.3) is 5.91 Å². The minimum Gasteiger partial charge on any atom is -0.490 e. The molecule has 2 aromatic carbocycles. The Morgan fingerprint density at radius 3 is 2.30 bits per heavy atom. The van der Waals surface area contributed by atoms with Crippen LogP contribution in [0.15, 0.2) is 54.1 Å². The first-order chi connectivity index (χ1) is 14.7. The van der Waals surface area contributed by atoms with Gasteiger partial charge < -0.3 is 19.3 Å². The van der Waals surface area contributed by atoms with Gasteiger partial charge >= 0.3 is 0 Å². The molecule has 1 fully saturated rings. The number of nitrogens with zero attached hydrogens (tertiary/aromatic N) is 3. The van der Waals surface area contributed by atoms with Crippen molar-refractivity contribution in [2.24, 2.45) is 0 Å². The van der Waals surface area contributed by atoms with Crippen molar-refractivity contribution in [2.75, 3.05) is 44.3 Å². The van der Waals surface area contributed by atoms with Gasteiger partial charge in [-0.1, -0.05) is 24.3 Å². The average Bonchev–Trinajstić information content (AvgIpc) is 2.79. The number of anilines is 1. The molecule has 3 rings (SSSR count). The van der Waals surface area contributed by atoms with Crippen LogP contribution in [0.5, 0.6) is 11.5 Å². The normalized spacial score (nSPS) is 14.2. The molecule has 6 heteroatoms. The molecule has 0 unspecified atom stereocenters. The summed E-state index contributed by atoms with van der Waals surface area (Å²) in [6.07, 6.45) is 1.62. The Labute approximate surface area is 177 Å². The predicted octanol–water partition coefficient (Wildman–Crippen LogP) is 3.74. The quantitative estimate of drug-likeness (QED) is 0.519. The third-order valence-electron chi connectivity index (χ3n) is 4.92. The molecule has 156 valence electrons. The van der Waals surface area contributed by atoms with E-state index in [0.717, 1.165) is 24.3 Å². The number of ether oxygens (including phenoxy) is 2. The summed E-state index contributed by atoms with van der Waals surface area (Å²) in [5.74, 6) is 1.02. The molecule has 0 atom stereocenters. The predicted molar refractivity (Wildman–Crippen MR) is 118 cm³/mol. The van der Waals surface area contributed by atoms with E-state index in [1.165, 1.54) is 0 Å². The topological polar surface area (TPSA) is 65.8 Å². The zero-order valence-electron chi connectivity index (χ0n) is 17.5. The largest absolute Gasteiger partial charge is 0.490 e. The van der Waals surface area contributed by atoms with Crippen LogP contribution in [-0.4, -0.2) is 50.2 Å². The number of benzene rings is 2. The van der Waals surface area contributed by atoms with Crippen molar-refractivity contribution in [3.8, 4) is 17.6 Å². The maximum Gasteiger partial charge on any atom is 0.264 e. The average molecular weight is 405 g/mol. The number of para-hydroxylation sites is 1. The van der Waals surface area contributed by atoms with Crippen molar-refractivity contribution in [1.29, 1.82) is 5.26 Å². The highest BCUT2D eigenvalue weighted by molar-refractivity contribution is 6.01. The van der Waals surface area contributed by atoms with E-state index in [4.69, 9.17) is 9.47 Å². The van der Waals surface area contributed by atoms with E-state index < -0.39 is 0 Å². The minimum atomic E-state index is -0.239. The zero-order valence-corrected chi connectivity index (χ0v) is 17.5. The minimum absolute atomic E-state index is 0.120. The number of amides is 1. The molecule has 2 aromatic rings. The molecule has 1 amide bonds. The fraction of sp³-hybridized carbons (Fsp3) is 0.333. The highest BCUT2D eigenvalue weighted by Gasteiger charge is 2.24. The Hall–Kier alpha value is -3.46. The van der Waals surface area contributed by atoms with Crippen molar-refractivity contribution in [1.82, 2.24) is 4.90 Å². The molecule has 6 nitrogen and oxygen atoms in total. The monoisotopic (exact) mass is 405 g/mol. The molecule has 1 aliphatic heterocycles. The van der Waals surface area contributed by atoms with Gasteiger partial charge in [-0.05, 0) is 49.8 Å². The van der Waals surface area contributed by atoms with Gasteiger partial charge in [0.15, 0.2) is 11.5 Å². The van der Waals surface area contributed by atoms with Crippen molar-refractivity contribution >= 4 is 17.7 Å². The highest BCUT2D eigenvalue weighted by atomic mass is 16.5. The number of carbonyl (C=O) groups excluding carboxylic acids is 1. The number of hydrogen-bond acceptors (Lipinski definition) is 5. The van der Waals surface area contributed by atoms with E-state index >= 15 is 0 Å². The van der Waals surface area contributed by atoms with E-state index in [9.17, 15) is 10.1 Å². The Morgan fingerprint density at radius 2 is 1.67 bits per heavy atom. The van der Waals surface area contributed by atoms with Gasteiger partial charge in [-0.2, -0.15) is 5.26 Å². The van der Waals surface area contributed by atoms with E-state index in [-0.39, 0.29) is 11.5 Å². The van der Waals surface area contributed by atoms with Crippen LogP contribution in [-0.2, 0) is 4.79 Å². The summed E-state index contributed by atoms with van der Waals surface area (Å²) < 4.78 is 11.2. The standard InChI is InChI=1S/C24H27N3O3/c1-3-29-22-11-10-19(17-23(22)30-4-2)16-20(18-25)24(28)27-14-12-26(13-15-27)21-8-6-5-7-9-21/h5-11,16-17H,3-4,12-15H2,1-2H3/b20-16-. The molecule has 0 bridgehead atoms. The van der Waals surface area contributed by atoms with Crippen LogP contribution in [0, 0.1) is 11.3 Å². The molecule has 1 saturated heterocycles. The van der Waals surface area contributed by atoms with E-state index in [0.29, 0.717) is 37.8 Å². The lowest BCUT2D eigenvalue weighted by Gasteiger charge is -2.36. The molecular formula is C24H27N3O3. The summed E-state index contributed by atoms with van der Waals surface area (Å²) in [4.78, 5) is 16.9. The van der Waals surface area contributed by atoms with E-state index in [1.807, 2.05) is 38.1 Å². The summed E-state index contributed by atoms with van der Waals surface area (Å²) in [5.41, 5.74) is 2.00. The molecule has 0 aliphatic carbocycles. The summed E-state index contributed by atoms with van der Waals surface area (Å²) >= 11 is 0. The van der Waals surface area contributed by atoms with Gasteiger partial charge in [0.2, 0.25) is 0 Å². The first-order valence-electron chi connectivity index (χ1n) is 10.3. The Balaban J connectivity index is 1.71. The van der Waals surface area contributed by atoms with Crippen LogP contribution in [0.4, 0.5) is 5.69 Å². The summed E-state index contributed by atoms with van der Waals surface area (Å²) in [5, 5.41) is 9.60. The van der Waals surface area contributed by atoms with Gasteiger partial charge in [0.1, 0.15) is 11.6 Å². The first-order valence-corrected chi connectivity index (χ1v) is 10.3. The number of carbonyl (C=O) groups is 1. The third kappa shape index (κ3) is 5.12. The number of rotatable bonds is 7. The lowest BCUT2D eigenvalue weighted by Crippen LogP contribution is -2.49. The molecule has 1 aliphatic rings. The fourth-order valence-electron chi connectivity index (χ4n) is 3.44. The SMILES string of the molecule is CCOc1ccc(/C=C(/C#N)C(=O)N2CCN(c3ccccc3)CC2)cc1OCC. The van der Waals surface area contributed by atoms with Crippen LogP contribution < -0.4 is 14.4 Å². The van der Waals surface area contributed by atoms with E-state index in [2.05, 4.69) is 23.1 Å². The molecule has 0 saturated carbocycles. The number of hydrogen-bond donors (Lipinski definition) is 0. The summed E-state index contributed by atoms with van der Waals surface area (Å²) in [7, 11) is 0. The van der Waals surface area contributed by atoms with Crippen molar-refractivity contribution in [2.45, 2.75) is 13.8 Å². The highest BCUT2D eigenvalue weighted by Crippen LogP contribution is 2.29. The molecular weight excluding hydrogens is 378 g/mol. The van der Waals surface area contributed by atoms with Gasteiger partial charge in [-0.25, -0.2) is 0 Å². The van der Waals surface area contributed by atoms with Crippen LogP contribution in [0.3, 0.4) is 0 Å². The summed E-state index contributed by atoms with van der Waals surface area (Å²) in [6, 6.07) is 17.6. The molecule has 30 heavy (non-hydrogen) atoms. The Morgan fingerprint density at radius 1 is 1.00 bits per heavy atom. The van der Waals surface area contributed by atoms with Gasteiger partial charge in [0, 0.05) is 31.9 Å². The third-order valence-corrected chi connectivity index (χ3v) is 4.92. The van der Waals surface area contributed by atoms with Crippen LogP contribution in [0.25, 0.3) is 6.08 Å². The second-order valence-corrected chi connectivity index (χ2v) is 6.86. The van der Waals surface area contributed by atoms with Gasteiger partial charge in [0.05, 0.1) is 13.2 Å². The van der Waals surface area contributed by atoms with Crippen molar-refractivity contribution in [3.63, 3.8) is 0 Å². The Kier molecular flexibility index (Phi) is 7.34. The first kappa shape index (κ1) is 21.3. The van der Waals surface area contributed by atoms with Gasteiger partial charge in [-0.15, -0.1) is 0 Å². The molecule has 1 heterocycles. The maximum atomic E-state index is 12.9. The molecule has 0 aromatic heterocycles. The fourth-order valence-corrected chi connectivity index (χ4v) is 3.44. The number of piperazine rings is 1. The van der Waals surface area contributed by atoms with Crippen LogP contribution in [0.1, 0.15) is 19.4 Å². The lowest BCUT2D eigenvalue weighted by molar-refractivity contribution is -0.126. The van der Waals surface area contributed by atoms with Crippen molar-refractivity contribution in [3.05, 3.63) is 59.7 Å². The van der Waals surface area contributed by atoms with Gasteiger partial charge in [-0.3, -0.25) is 4.79 Å². The summed E-state index contributed by atoms with van der Waals surface area (Å²) in [6.45, 7) is 7.50. The van der Waals surface area contributed by atoms with Crippen molar-refractivity contribution < 1.29 is 14.3 Å². The number of nitriles is 1.